The molecule has 0 fully saturated rings. The van der Waals surface area contributed by atoms with Crippen molar-refractivity contribution in [3.8, 4) is 0 Å². The summed E-state index contributed by atoms with van der Waals surface area (Å²) >= 11 is 3.44. The molecule has 0 aromatic heterocycles. The van der Waals surface area contributed by atoms with E-state index in [9.17, 15) is 19.7 Å². The molecule has 1 atom stereocenters. The molecule has 170 valence electrons. The van der Waals surface area contributed by atoms with E-state index >= 15 is 0 Å². The van der Waals surface area contributed by atoms with Crippen molar-refractivity contribution in [1.29, 1.82) is 0 Å². The van der Waals surface area contributed by atoms with Gasteiger partial charge >= 0.3 is 0 Å². The molecule has 1 N–H and O–H groups in total. The number of carbonyl (C=O) groups is 2. The summed E-state index contributed by atoms with van der Waals surface area (Å²) in [7, 11) is 1.53. The third-order valence-corrected chi connectivity index (χ3v) is 5.78. The van der Waals surface area contributed by atoms with E-state index in [4.69, 9.17) is 0 Å². The second kappa shape index (κ2) is 11.4. The minimum atomic E-state index is -0.786. The maximum absolute atomic E-state index is 13.5. The third kappa shape index (κ3) is 6.49. The smallest absolute Gasteiger partial charge is 0.273 e. The molecule has 3 rings (SSSR count). The Morgan fingerprint density at radius 2 is 1.67 bits per heavy atom. The van der Waals surface area contributed by atoms with Gasteiger partial charge in [-0.3, -0.25) is 19.7 Å². The van der Waals surface area contributed by atoms with Gasteiger partial charge in [0.1, 0.15) is 6.04 Å². The standard InChI is InChI=1S/C25H24BrN3O4/c1-27-25(31)23(15-18-8-3-2-4-9-18)28(17-19-10-7-12-21(26)14-19)24(30)16-20-11-5-6-13-22(20)29(32)33/h2-14,23H,15-17H2,1H3,(H,27,31)/t23-/m0/s1. The predicted molar refractivity (Wildman–Crippen MR) is 129 cm³/mol. The molecule has 33 heavy (non-hydrogen) atoms. The maximum atomic E-state index is 13.5. The number of nitro groups is 1. The molecule has 0 heterocycles. The van der Waals surface area contributed by atoms with Gasteiger partial charge in [-0.05, 0) is 23.3 Å². The van der Waals surface area contributed by atoms with Crippen LogP contribution in [-0.2, 0) is 29.0 Å². The van der Waals surface area contributed by atoms with Gasteiger partial charge in [-0.25, -0.2) is 0 Å². The Labute approximate surface area is 200 Å². The second-order valence-corrected chi connectivity index (χ2v) is 8.45. The number of likely N-dealkylation sites (N-methyl/N-ethyl adjacent to an activating group) is 1. The Hall–Kier alpha value is -3.52. The van der Waals surface area contributed by atoms with E-state index in [2.05, 4.69) is 21.2 Å². The summed E-state index contributed by atoms with van der Waals surface area (Å²) in [6, 6.07) is 22.3. The largest absolute Gasteiger partial charge is 0.357 e. The van der Waals surface area contributed by atoms with Gasteiger partial charge in [-0.15, -0.1) is 0 Å². The number of amides is 2. The third-order valence-electron chi connectivity index (χ3n) is 5.29. The zero-order valence-electron chi connectivity index (χ0n) is 18.1. The van der Waals surface area contributed by atoms with E-state index in [0.29, 0.717) is 12.0 Å². The lowest BCUT2D eigenvalue weighted by molar-refractivity contribution is -0.385. The molecular formula is C25H24BrN3O4. The van der Waals surface area contributed by atoms with Gasteiger partial charge in [-0.1, -0.05) is 76.6 Å². The van der Waals surface area contributed by atoms with Crippen LogP contribution < -0.4 is 5.32 Å². The van der Waals surface area contributed by atoms with Gasteiger partial charge in [0.25, 0.3) is 5.69 Å². The summed E-state index contributed by atoms with van der Waals surface area (Å²) in [5.41, 5.74) is 1.93. The van der Waals surface area contributed by atoms with E-state index in [1.54, 1.807) is 18.2 Å². The molecule has 3 aromatic rings. The van der Waals surface area contributed by atoms with Crippen molar-refractivity contribution in [3.63, 3.8) is 0 Å². The molecule has 3 aromatic carbocycles. The van der Waals surface area contributed by atoms with Crippen molar-refractivity contribution < 1.29 is 14.5 Å². The topological polar surface area (TPSA) is 92.6 Å². The molecule has 0 saturated carbocycles. The van der Waals surface area contributed by atoms with Crippen LogP contribution in [0.3, 0.4) is 0 Å². The van der Waals surface area contributed by atoms with Gasteiger partial charge in [0.15, 0.2) is 0 Å². The van der Waals surface area contributed by atoms with E-state index < -0.39 is 11.0 Å². The monoisotopic (exact) mass is 509 g/mol. The highest BCUT2D eigenvalue weighted by Crippen LogP contribution is 2.22. The van der Waals surface area contributed by atoms with Gasteiger partial charge in [0.05, 0.1) is 11.3 Å². The summed E-state index contributed by atoms with van der Waals surface area (Å²) in [6.07, 6.45) is 0.130. The number of hydrogen-bond acceptors (Lipinski definition) is 4. The van der Waals surface area contributed by atoms with Crippen LogP contribution in [0.4, 0.5) is 5.69 Å². The SMILES string of the molecule is CNC(=O)[C@H](Cc1ccccc1)N(Cc1cccc(Br)c1)C(=O)Cc1ccccc1[N+](=O)[O-]. The lowest BCUT2D eigenvalue weighted by Crippen LogP contribution is -2.50. The number of hydrogen-bond donors (Lipinski definition) is 1. The molecule has 8 heteroatoms. The minimum Gasteiger partial charge on any atom is -0.357 e. The summed E-state index contributed by atoms with van der Waals surface area (Å²) < 4.78 is 0.852. The fourth-order valence-electron chi connectivity index (χ4n) is 3.66. The van der Waals surface area contributed by atoms with Gasteiger partial charge in [0.2, 0.25) is 11.8 Å². The highest BCUT2D eigenvalue weighted by molar-refractivity contribution is 9.10. The Balaban J connectivity index is 1.98. The molecule has 0 aliphatic heterocycles. The lowest BCUT2D eigenvalue weighted by Gasteiger charge is -2.31. The first-order valence-electron chi connectivity index (χ1n) is 10.4. The summed E-state index contributed by atoms with van der Waals surface area (Å²) in [6.45, 7) is 0.184. The second-order valence-electron chi connectivity index (χ2n) is 7.53. The summed E-state index contributed by atoms with van der Waals surface area (Å²) in [4.78, 5) is 38.9. The number of halogens is 1. The number of nitrogens with zero attached hydrogens (tertiary/aromatic N) is 2. The highest BCUT2D eigenvalue weighted by Gasteiger charge is 2.31. The van der Waals surface area contributed by atoms with Crippen molar-refractivity contribution in [2.45, 2.75) is 25.4 Å². The molecule has 2 amide bonds. The van der Waals surface area contributed by atoms with E-state index in [1.807, 2.05) is 54.6 Å². The number of carbonyl (C=O) groups excluding carboxylic acids is 2. The van der Waals surface area contributed by atoms with Gasteiger partial charge in [0, 0.05) is 36.1 Å². The highest BCUT2D eigenvalue weighted by atomic mass is 79.9. The maximum Gasteiger partial charge on any atom is 0.273 e. The number of benzene rings is 3. The minimum absolute atomic E-state index is 0.118. The van der Waals surface area contributed by atoms with Crippen LogP contribution in [0.2, 0.25) is 0 Å². The van der Waals surface area contributed by atoms with E-state index in [0.717, 1.165) is 15.6 Å². The molecule has 0 bridgehead atoms. The van der Waals surface area contributed by atoms with Crippen molar-refractivity contribution in [2.75, 3.05) is 7.05 Å². The van der Waals surface area contributed by atoms with Crippen LogP contribution in [0.5, 0.6) is 0 Å². The molecule has 0 radical (unpaired) electrons. The lowest BCUT2D eigenvalue weighted by atomic mass is 10.0. The molecule has 0 aliphatic rings. The van der Waals surface area contributed by atoms with Crippen molar-refractivity contribution in [1.82, 2.24) is 10.2 Å². The number of nitrogens with one attached hydrogen (secondary N) is 1. The van der Waals surface area contributed by atoms with E-state index in [1.165, 1.54) is 18.0 Å². The van der Waals surface area contributed by atoms with Crippen LogP contribution in [-0.4, -0.2) is 34.7 Å². The van der Waals surface area contributed by atoms with Crippen molar-refractivity contribution in [2.24, 2.45) is 0 Å². The summed E-state index contributed by atoms with van der Waals surface area (Å²) in [5.74, 6) is -0.668. The number of para-hydroxylation sites is 1. The predicted octanol–water partition coefficient (Wildman–Crippen LogP) is 4.29. The number of rotatable bonds is 9. The first-order chi connectivity index (χ1) is 15.9. The Kier molecular flexibility index (Phi) is 8.32. The fourth-order valence-corrected chi connectivity index (χ4v) is 4.10. The zero-order valence-corrected chi connectivity index (χ0v) is 19.7. The normalized spacial score (nSPS) is 11.5. The quantitative estimate of drug-likeness (QED) is 0.344. The molecular weight excluding hydrogens is 486 g/mol. The fraction of sp³-hybridized carbons (Fsp3) is 0.200. The summed E-state index contributed by atoms with van der Waals surface area (Å²) in [5, 5.41) is 14.1. The first-order valence-corrected chi connectivity index (χ1v) is 11.2. The van der Waals surface area contributed by atoms with Crippen LogP contribution in [0.15, 0.2) is 83.3 Å². The molecule has 0 saturated heterocycles. The van der Waals surface area contributed by atoms with Crippen LogP contribution in [0, 0.1) is 10.1 Å². The molecule has 7 nitrogen and oxygen atoms in total. The van der Waals surface area contributed by atoms with E-state index in [-0.39, 0.29) is 30.5 Å². The van der Waals surface area contributed by atoms with Crippen molar-refractivity contribution >= 4 is 33.4 Å². The molecule has 0 spiro atoms. The van der Waals surface area contributed by atoms with Crippen LogP contribution in [0.25, 0.3) is 0 Å². The van der Waals surface area contributed by atoms with Gasteiger partial charge < -0.3 is 10.2 Å². The molecule has 0 unspecified atom stereocenters. The zero-order chi connectivity index (χ0) is 23.8. The van der Waals surface area contributed by atoms with Crippen LogP contribution in [0.1, 0.15) is 16.7 Å². The first kappa shape index (κ1) is 24.1. The average molecular weight is 510 g/mol. The molecule has 0 aliphatic carbocycles. The average Bonchev–Trinajstić information content (AvgIpc) is 2.81. The Morgan fingerprint density at radius 3 is 2.33 bits per heavy atom. The Morgan fingerprint density at radius 1 is 1.00 bits per heavy atom. The van der Waals surface area contributed by atoms with Crippen LogP contribution >= 0.6 is 15.9 Å². The van der Waals surface area contributed by atoms with Crippen molar-refractivity contribution in [3.05, 3.63) is 110 Å². The number of nitro benzene ring substituents is 1. The van der Waals surface area contributed by atoms with Gasteiger partial charge in [-0.2, -0.15) is 0 Å². The Bertz CT molecular complexity index is 1140.